The van der Waals surface area contributed by atoms with Crippen LogP contribution in [-0.2, 0) is 9.59 Å². The molecule has 0 fully saturated rings. The number of carbonyl (C=O) groups excluding carboxylic acids is 2. The summed E-state index contributed by atoms with van der Waals surface area (Å²) in [5, 5.41) is 2.84. The number of rotatable bonds is 8. The van der Waals surface area contributed by atoms with Crippen LogP contribution in [0.2, 0.25) is 0 Å². The zero-order valence-corrected chi connectivity index (χ0v) is 9.71. The van der Waals surface area contributed by atoms with Gasteiger partial charge in [-0.2, -0.15) is 0 Å². The molecule has 1 N–H and O–H groups in total. The van der Waals surface area contributed by atoms with Crippen LogP contribution >= 0.6 is 0 Å². The molecule has 0 aromatic heterocycles. The number of hydrogen-bond acceptors (Lipinski definition) is 2. The molecule has 0 aliphatic heterocycles. The summed E-state index contributed by atoms with van der Waals surface area (Å²) in [6.45, 7) is 7.87. The van der Waals surface area contributed by atoms with Crippen molar-refractivity contribution in [2.24, 2.45) is 5.92 Å². The maximum absolute atomic E-state index is 11.2. The van der Waals surface area contributed by atoms with Crippen LogP contribution < -0.4 is 5.32 Å². The van der Waals surface area contributed by atoms with Gasteiger partial charge < -0.3 is 5.32 Å². The van der Waals surface area contributed by atoms with E-state index in [-0.39, 0.29) is 17.6 Å². The van der Waals surface area contributed by atoms with Gasteiger partial charge in [0, 0.05) is 18.9 Å². The summed E-state index contributed by atoms with van der Waals surface area (Å²) in [5.74, 6) is 0.241. The fourth-order valence-corrected chi connectivity index (χ4v) is 1.12. The minimum absolute atomic E-state index is 0.0485. The average Bonchev–Trinajstić information content (AvgIpc) is 2.22. The van der Waals surface area contributed by atoms with Gasteiger partial charge in [0.25, 0.3) is 0 Å². The van der Waals surface area contributed by atoms with Crippen molar-refractivity contribution in [1.29, 1.82) is 0 Å². The zero-order valence-electron chi connectivity index (χ0n) is 9.71. The maximum atomic E-state index is 11.2. The molecule has 0 unspecified atom stereocenters. The molecule has 0 atom stereocenters. The van der Waals surface area contributed by atoms with Gasteiger partial charge in [-0.1, -0.05) is 26.8 Å². The Bertz CT molecular complexity index is 222. The third kappa shape index (κ3) is 7.91. The lowest BCUT2D eigenvalue weighted by molar-refractivity contribution is -0.124. The van der Waals surface area contributed by atoms with Gasteiger partial charge in [-0.15, -0.1) is 0 Å². The number of nitrogens with one attached hydrogen (secondary N) is 1. The van der Waals surface area contributed by atoms with Crippen LogP contribution in [0.4, 0.5) is 0 Å². The lowest BCUT2D eigenvalue weighted by Crippen LogP contribution is -2.28. The normalized spacial score (nSPS) is 10.1. The van der Waals surface area contributed by atoms with Gasteiger partial charge >= 0.3 is 0 Å². The molecular formula is C12H21NO2. The summed E-state index contributed by atoms with van der Waals surface area (Å²) >= 11 is 0. The molecule has 0 rings (SSSR count). The summed E-state index contributed by atoms with van der Waals surface area (Å²) in [6, 6.07) is 0. The van der Waals surface area contributed by atoms with Crippen molar-refractivity contribution in [1.82, 2.24) is 5.32 Å². The molecule has 0 saturated carbocycles. The molecule has 0 radical (unpaired) electrons. The van der Waals surface area contributed by atoms with Crippen LogP contribution in [0.15, 0.2) is 12.7 Å². The fraction of sp³-hybridized carbons (Fsp3) is 0.667. The van der Waals surface area contributed by atoms with Crippen LogP contribution in [-0.4, -0.2) is 18.2 Å². The van der Waals surface area contributed by atoms with E-state index in [4.69, 9.17) is 0 Å². The zero-order chi connectivity index (χ0) is 11.7. The summed E-state index contributed by atoms with van der Waals surface area (Å²) < 4.78 is 0. The molecule has 15 heavy (non-hydrogen) atoms. The van der Waals surface area contributed by atoms with Gasteiger partial charge in [0.05, 0.1) is 0 Å². The third-order valence-corrected chi connectivity index (χ3v) is 2.15. The highest BCUT2D eigenvalue weighted by Gasteiger charge is 2.04. The molecule has 0 bridgehead atoms. The average molecular weight is 211 g/mol. The second-order valence-electron chi connectivity index (χ2n) is 3.93. The smallest absolute Gasteiger partial charge is 0.222 e. The van der Waals surface area contributed by atoms with Gasteiger partial charge in [-0.25, -0.2) is 0 Å². The first-order chi connectivity index (χ1) is 7.07. The number of hydrogen-bond donors (Lipinski definition) is 1. The van der Waals surface area contributed by atoms with E-state index < -0.39 is 0 Å². The molecule has 0 aliphatic carbocycles. The molecule has 0 heterocycles. The second-order valence-corrected chi connectivity index (χ2v) is 3.93. The summed E-state index contributed by atoms with van der Waals surface area (Å²) in [5.41, 5.74) is 0. The highest BCUT2D eigenvalue weighted by atomic mass is 16.1. The van der Waals surface area contributed by atoms with Crippen molar-refractivity contribution >= 4 is 11.7 Å². The lowest BCUT2D eigenvalue weighted by Gasteiger charge is -2.06. The highest BCUT2D eigenvalue weighted by molar-refractivity contribution is 5.88. The van der Waals surface area contributed by atoms with E-state index in [1.807, 2.05) is 13.8 Å². The van der Waals surface area contributed by atoms with E-state index in [1.165, 1.54) is 6.08 Å². The lowest BCUT2D eigenvalue weighted by atomic mass is 10.1. The Kier molecular flexibility index (Phi) is 7.60. The van der Waals surface area contributed by atoms with Crippen LogP contribution in [0.25, 0.3) is 0 Å². The van der Waals surface area contributed by atoms with Crippen LogP contribution in [0.5, 0.6) is 0 Å². The van der Waals surface area contributed by atoms with Crippen molar-refractivity contribution in [3.63, 3.8) is 0 Å². The van der Waals surface area contributed by atoms with Crippen molar-refractivity contribution in [2.45, 2.75) is 39.5 Å². The molecule has 1 amide bonds. The molecule has 3 heteroatoms. The second kappa shape index (κ2) is 8.21. The van der Waals surface area contributed by atoms with Gasteiger partial charge in [0.1, 0.15) is 0 Å². The van der Waals surface area contributed by atoms with E-state index in [2.05, 4.69) is 11.9 Å². The van der Waals surface area contributed by atoms with Crippen LogP contribution in [0.1, 0.15) is 39.5 Å². The minimum atomic E-state index is 0.0485. The van der Waals surface area contributed by atoms with Crippen LogP contribution in [0.3, 0.4) is 0 Å². The number of ketones is 1. The number of carbonyl (C=O) groups is 2. The Balaban J connectivity index is 3.29. The van der Waals surface area contributed by atoms with Crippen molar-refractivity contribution < 1.29 is 9.59 Å². The first-order valence-electron chi connectivity index (χ1n) is 5.51. The molecule has 0 aromatic rings. The van der Waals surface area contributed by atoms with E-state index in [0.717, 1.165) is 19.3 Å². The standard InChI is InChI=1S/C12H21NO2/c1-4-11(14)8-6-5-7-9-13-12(15)10(2)3/h4,10H,1,5-9H2,2-3H3,(H,13,15). The van der Waals surface area contributed by atoms with Crippen molar-refractivity contribution in [2.75, 3.05) is 6.54 Å². The SMILES string of the molecule is C=CC(=O)CCCCCNC(=O)C(C)C. The Hall–Kier alpha value is -1.12. The van der Waals surface area contributed by atoms with E-state index in [1.54, 1.807) is 0 Å². The maximum Gasteiger partial charge on any atom is 0.222 e. The van der Waals surface area contributed by atoms with E-state index in [0.29, 0.717) is 13.0 Å². The number of allylic oxidation sites excluding steroid dienone is 1. The van der Waals surface area contributed by atoms with Crippen molar-refractivity contribution in [3.05, 3.63) is 12.7 Å². The molecule has 0 aliphatic rings. The number of unbranched alkanes of at least 4 members (excludes halogenated alkanes) is 2. The largest absolute Gasteiger partial charge is 0.356 e. The van der Waals surface area contributed by atoms with Gasteiger partial charge in [-0.3, -0.25) is 9.59 Å². The van der Waals surface area contributed by atoms with Gasteiger partial charge in [0.15, 0.2) is 5.78 Å². The quantitative estimate of drug-likeness (QED) is 0.493. The van der Waals surface area contributed by atoms with E-state index in [9.17, 15) is 9.59 Å². The Morgan fingerprint density at radius 1 is 1.27 bits per heavy atom. The summed E-state index contributed by atoms with van der Waals surface area (Å²) in [4.78, 5) is 22.0. The van der Waals surface area contributed by atoms with Gasteiger partial charge in [-0.05, 0) is 18.9 Å². The van der Waals surface area contributed by atoms with Crippen LogP contribution in [0, 0.1) is 5.92 Å². The molecule has 3 nitrogen and oxygen atoms in total. The highest BCUT2D eigenvalue weighted by Crippen LogP contribution is 2.00. The third-order valence-electron chi connectivity index (χ3n) is 2.15. The molecule has 0 saturated heterocycles. The fourth-order valence-electron chi connectivity index (χ4n) is 1.12. The Morgan fingerprint density at radius 2 is 1.93 bits per heavy atom. The Labute approximate surface area is 91.9 Å². The summed E-state index contributed by atoms with van der Waals surface area (Å²) in [7, 11) is 0. The predicted molar refractivity (Wildman–Crippen MR) is 61.5 cm³/mol. The number of amides is 1. The van der Waals surface area contributed by atoms with Gasteiger partial charge in [0.2, 0.25) is 5.91 Å². The Morgan fingerprint density at radius 3 is 2.47 bits per heavy atom. The molecule has 86 valence electrons. The molecular weight excluding hydrogens is 190 g/mol. The van der Waals surface area contributed by atoms with Crippen molar-refractivity contribution in [3.8, 4) is 0 Å². The first-order valence-corrected chi connectivity index (χ1v) is 5.51. The molecule has 0 spiro atoms. The molecule has 0 aromatic carbocycles. The van der Waals surface area contributed by atoms with E-state index >= 15 is 0 Å². The minimum Gasteiger partial charge on any atom is -0.356 e. The summed E-state index contributed by atoms with van der Waals surface area (Å²) in [6.07, 6.45) is 4.71. The topological polar surface area (TPSA) is 46.2 Å². The monoisotopic (exact) mass is 211 g/mol. The predicted octanol–water partition coefficient (Wildman–Crippen LogP) is 2.07. The first kappa shape index (κ1) is 13.9.